The molecule has 0 spiro atoms. The van der Waals surface area contributed by atoms with Crippen molar-refractivity contribution in [1.82, 2.24) is 19.7 Å². The van der Waals surface area contributed by atoms with Crippen LogP contribution in [0.4, 0.5) is 0 Å². The normalized spacial score (nSPS) is 16.3. The van der Waals surface area contributed by atoms with Crippen LogP contribution in [0.5, 0.6) is 0 Å². The van der Waals surface area contributed by atoms with Crippen molar-refractivity contribution in [2.24, 2.45) is 11.1 Å². The van der Waals surface area contributed by atoms with Gasteiger partial charge < -0.3 is 10.7 Å². The maximum Gasteiger partial charge on any atom is 0.250 e. The smallest absolute Gasteiger partial charge is 0.250 e. The standard InChI is InChI=1S/C18H21N5O/c1-10-11-6-7-18(2,3)8-14(11)23(22-10)13-5-4-12(17(19)24)15-16(13)21-9-20-15/h4-5,9H,6-8H2,1-3H3,(H2,19,24)(H,20,21). The molecule has 0 atom stereocenters. The van der Waals surface area contributed by atoms with Crippen molar-refractivity contribution < 1.29 is 4.79 Å². The molecule has 0 radical (unpaired) electrons. The third-order valence-corrected chi connectivity index (χ3v) is 5.04. The highest BCUT2D eigenvalue weighted by atomic mass is 16.1. The van der Waals surface area contributed by atoms with Crippen LogP contribution in [0.15, 0.2) is 18.5 Å². The minimum atomic E-state index is -0.462. The number of rotatable bonds is 2. The number of hydrogen-bond donors (Lipinski definition) is 2. The summed E-state index contributed by atoms with van der Waals surface area (Å²) in [6.45, 7) is 6.65. The van der Waals surface area contributed by atoms with Crippen LogP contribution in [-0.2, 0) is 12.8 Å². The number of aromatic amines is 1. The van der Waals surface area contributed by atoms with E-state index < -0.39 is 5.91 Å². The van der Waals surface area contributed by atoms with E-state index in [2.05, 4.69) is 30.7 Å². The number of H-pyrrole nitrogens is 1. The molecule has 6 nitrogen and oxygen atoms in total. The maximum atomic E-state index is 11.6. The summed E-state index contributed by atoms with van der Waals surface area (Å²) in [7, 11) is 0. The zero-order valence-corrected chi connectivity index (χ0v) is 14.2. The van der Waals surface area contributed by atoms with Gasteiger partial charge in [0, 0.05) is 5.69 Å². The summed E-state index contributed by atoms with van der Waals surface area (Å²) in [5, 5.41) is 4.78. The number of benzene rings is 1. The fourth-order valence-electron chi connectivity index (χ4n) is 3.71. The van der Waals surface area contributed by atoms with E-state index in [1.165, 1.54) is 17.7 Å². The Labute approximate surface area is 140 Å². The van der Waals surface area contributed by atoms with Gasteiger partial charge in [0.05, 0.1) is 28.8 Å². The second kappa shape index (κ2) is 4.93. The van der Waals surface area contributed by atoms with Crippen LogP contribution in [-0.4, -0.2) is 25.7 Å². The van der Waals surface area contributed by atoms with Gasteiger partial charge in [-0.25, -0.2) is 9.67 Å². The van der Waals surface area contributed by atoms with E-state index in [0.717, 1.165) is 29.7 Å². The third kappa shape index (κ3) is 2.13. The number of hydrogen-bond acceptors (Lipinski definition) is 3. The van der Waals surface area contributed by atoms with Crippen LogP contribution in [0, 0.1) is 12.3 Å². The molecular weight excluding hydrogens is 302 g/mol. The Balaban J connectivity index is 1.96. The largest absolute Gasteiger partial charge is 0.366 e. The lowest BCUT2D eigenvalue weighted by Gasteiger charge is -2.30. The van der Waals surface area contributed by atoms with Gasteiger partial charge in [-0.15, -0.1) is 0 Å². The topological polar surface area (TPSA) is 89.6 Å². The van der Waals surface area contributed by atoms with Gasteiger partial charge in [0.25, 0.3) is 5.91 Å². The van der Waals surface area contributed by atoms with E-state index in [4.69, 9.17) is 10.8 Å². The first-order chi connectivity index (χ1) is 11.4. The molecule has 0 unspecified atom stereocenters. The van der Waals surface area contributed by atoms with E-state index in [1.54, 1.807) is 12.4 Å². The number of amides is 1. The molecule has 1 aliphatic rings. The minimum absolute atomic E-state index is 0.259. The van der Waals surface area contributed by atoms with Gasteiger partial charge in [-0.1, -0.05) is 13.8 Å². The van der Waals surface area contributed by atoms with Crippen LogP contribution in [0.1, 0.15) is 47.6 Å². The van der Waals surface area contributed by atoms with E-state index in [9.17, 15) is 4.79 Å². The SMILES string of the molecule is Cc1nn(-c2ccc(C(N)=O)c3[nH]cnc23)c2c1CCC(C)(C)C2. The molecule has 124 valence electrons. The van der Waals surface area contributed by atoms with Crippen molar-refractivity contribution in [3.05, 3.63) is 41.0 Å². The molecule has 0 fully saturated rings. The number of imidazole rings is 1. The van der Waals surface area contributed by atoms with Crippen molar-refractivity contribution >= 4 is 16.9 Å². The highest BCUT2D eigenvalue weighted by Crippen LogP contribution is 2.37. The maximum absolute atomic E-state index is 11.6. The van der Waals surface area contributed by atoms with Crippen molar-refractivity contribution in [1.29, 1.82) is 0 Å². The van der Waals surface area contributed by atoms with Crippen LogP contribution >= 0.6 is 0 Å². The number of nitrogens with zero attached hydrogens (tertiary/aromatic N) is 3. The molecule has 1 aliphatic carbocycles. The van der Waals surface area contributed by atoms with Crippen molar-refractivity contribution in [2.75, 3.05) is 0 Å². The first-order valence-corrected chi connectivity index (χ1v) is 8.21. The Hall–Kier alpha value is -2.63. The number of nitrogens with two attached hydrogens (primary N) is 1. The number of nitrogens with one attached hydrogen (secondary N) is 1. The minimum Gasteiger partial charge on any atom is -0.366 e. The molecule has 24 heavy (non-hydrogen) atoms. The molecule has 0 saturated heterocycles. The molecule has 3 aromatic rings. The molecule has 0 saturated carbocycles. The first-order valence-electron chi connectivity index (χ1n) is 8.21. The molecule has 3 N–H and O–H groups in total. The quantitative estimate of drug-likeness (QED) is 0.760. The van der Waals surface area contributed by atoms with Gasteiger partial charge in [0.1, 0.15) is 5.52 Å². The number of carbonyl (C=O) groups is 1. The van der Waals surface area contributed by atoms with Crippen molar-refractivity contribution in [3.63, 3.8) is 0 Å². The van der Waals surface area contributed by atoms with Gasteiger partial charge in [-0.2, -0.15) is 5.10 Å². The molecule has 2 aromatic heterocycles. The van der Waals surface area contributed by atoms with Crippen LogP contribution in [0.3, 0.4) is 0 Å². The lowest BCUT2D eigenvalue weighted by atomic mass is 9.76. The second-order valence-corrected chi connectivity index (χ2v) is 7.39. The monoisotopic (exact) mass is 323 g/mol. The lowest BCUT2D eigenvalue weighted by molar-refractivity contribution is 0.100. The Kier molecular flexibility index (Phi) is 3.07. The molecule has 4 rings (SSSR count). The number of aryl methyl sites for hydroxylation is 1. The fraction of sp³-hybridized carbons (Fsp3) is 0.389. The van der Waals surface area contributed by atoms with Crippen molar-refractivity contribution in [2.45, 2.75) is 40.0 Å². The Morgan fingerprint density at radius 3 is 2.92 bits per heavy atom. The van der Waals surface area contributed by atoms with Gasteiger partial charge in [0.15, 0.2) is 0 Å². The molecule has 0 bridgehead atoms. The summed E-state index contributed by atoms with van der Waals surface area (Å²) in [6.07, 6.45) is 4.79. The van der Waals surface area contributed by atoms with Gasteiger partial charge in [0.2, 0.25) is 0 Å². The molecule has 1 aromatic carbocycles. The Bertz CT molecular complexity index is 963. The highest BCUT2D eigenvalue weighted by Gasteiger charge is 2.31. The second-order valence-electron chi connectivity index (χ2n) is 7.39. The average Bonchev–Trinajstić information content (AvgIpc) is 3.10. The van der Waals surface area contributed by atoms with E-state index in [1.807, 2.05) is 10.7 Å². The summed E-state index contributed by atoms with van der Waals surface area (Å²) in [5.41, 5.74) is 12.1. The zero-order chi connectivity index (χ0) is 17.1. The summed E-state index contributed by atoms with van der Waals surface area (Å²) in [5.74, 6) is -0.462. The predicted molar refractivity (Wildman–Crippen MR) is 92.3 cm³/mol. The Morgan fingerprint density at radius 1 is 1.38 bits per heavy atom. The predicted octanol–water partition coefficient (Wildman–Crippen LogP) is 2.67. The van der Waals surface area contributed by atoms with Crippen molar-refractivity contribution in [3.8, 4) is 5.69 Å². The molecule has 0 aliphatic heterocycles. The van der Waals surface area contributed by atoms with E-state index in [-0.39, 0.29) is 5.41 Å². The molecular formula is C18H21N5O. The van der Waals surface area contributed by atoms with Crippen LogP contribution in [0.25, 0.3) is 16.7 Å². The third-order valence-electron chi connectivity index (χ3n) is 5.04. The van der Waals surface area contributed by atoms with Crippen LogP contribution < -0.4 is 5.73 Å². The van der Waals surface area contributed by atoms with Gasteiger partial charge in [-0.05, 0) is 49.3 Å². The highest BCUT2D eigenvalue weighted by molar-refractivity contribution is 6.05. The van der Waals surface area contributed by atoms with Crippen LogP contribution in [0.2, 0.25) is 0 Å². The first kappa shape index (κ1) is 14.9. The van der Waals surface area contributed by atoms with Gasteiger partial charge in [-0.3, -0.25) is 4.79 Å². The number of aromatic nitrogens is 4. The van der Waals surface area contributed by atoms with Gasteiger partial charge >= 0.3 is 0 Å². The molecule has 1 amide bonds. The number of carbonyl (C=O) groups excluding carboxylic acids is 1. The van der Waals surface area contributed by atoms with E-state index in [0.29, 0.717) is 11.1 Å². The summed E-state index contributed by atoms with van der Waals surface area (Å²) in [4.78, 5) is 19.1. The average molecular weight is 323 g/mol. The zero-order valence-electron chi connectivity index (χ0n) is 14.2. The Morgan fingerprint density at radius 2 is 2.17 bits per heavy atom. The fourth-order valence-corrected chi connectivity index (χ4v) is 3.71. The lowest BCUT2D eigenvalue weighted by Crippen LogP contribution is -2.24. The van der Waals surface area contributed by atoms with E-state index >= 15 is 0 Å². The molecule has 2 heterocycles. The number of primary amides is 1. The summed E-state index contributed by atoms with van der Waals surface area (Å²) < 4.78 is 2.00. The summed E-state index contributed by atoms with van der Waals surface area (Å²) >= 11 is 0. The summed E-state index contributed by atoms with van der Waals surface area (Å²) in [6, 6.07) is 3.63. The number of fused-ring (bicyclic) bond motifs is 2. The molecule has 6 heteroatoms.